The third-order valence-electron chi connectivity index (χ3n) is 2.68. The van der Waals surface area contributed by atoms with E-state index < -0.39 is 0 Å². The van der Waals surface area contributed by atoms with Gasteiger partial charge < -0.3 is 9.73 Å². The number of hydrogen-bond acceptors (Lipinski definition) is 5. The van der Waals surface area contributed by atoms with E-state index in [1.54, 1.807) is 18.4 Å². The number of rotatable bonds is 3. The van der Waals surface area contributed by atoms with Crippen LogP contribution < -0.4 is 5.32 Å². The highest BCUT2D eigenvalue weighted by molar-refractivity contribution is 8.15. The Bertz CT molecular complexity index is 650. The predicted molar refractivity (Wildman–Crippen MR) is 78.7 cm³/mol. The summed E-state index contributed by atoms with van der Waals surface area (Å²) in [5, 5.41) is 10.8. The van der Waals surface area contributed by atoms with Gasteiger partial charge in [-0.15, -0.1) is 5.10 Å². The van der Waals surface area contributed by atoms with Gasteiger partial charge in [0.1, 0.15) is 11.0 Å². The highest BCUT2D eigenvalue weighted by Gasteiger charge is 2.31. The van der Waals surface area contributed by atoms with Crippen molar-refractivity contribution in [1.82, 2.24) is 5.32 Å². The molecule has 3 rings (SSSR count). The van der Waals surface area contributed by atoms with Crippen molar-refractivity contribution in [3.63, 3.8) is 0 Å². The number of nitrogens with zero attached hydrogens (tertiary/aromatic N) is 2. The van der Waals surface area contributed by atoms with Crippen LogP contribution >= 0.6 is 11.8 Å². The lowest BCUT2D eigenvalue weighted by Gasteiger charge is -2.03. The van der Waals surface area contributed by atoms with Crippen molar-refractivity contribution in [3.05, 3.63) is 60.1 Å². The fourth-order valence-corrected chi connectivity index (χ4v) is 2.70. The maximum absolute atomic E-state index is 11.9. The van der Waals surface area contributed by atoms with Crippen molar-refractivity contribution in [2.45, 2.75) is 5.25 Å². The van der Waals surface area contributed by atoms with Crippen LogP contribution in [0.4, 0.5) is 0 Å². The maximum Gasteiger partial charge on any atom is 0.244 e. The lowest BCUT2D eigenvalue weighted by Crippen LogP contribution is -2.21. The predicted octanol–water partition coefficient (Wildman–Crippen LogP) is 2.57. The van der Waals surface area contributed by atoms with Crippen LogP contribution in [0.3, 0.4) is 0 Å². The van der Waals surface area contributed by atoms with Crippen molar-refractivity contribution in [2.75, 3.05) is 0 Å². The molecule has 1 atom stereocenters. The van der Waals surface area contributed by atoms with Gasteiger partial charge in [-0.1, -0.05) is 42.1 Å². The van der Waals surface area contributed by atoms with Gasteiger partial charge in [0, 0.05) is 0 Å². The third-order valence-corrected chi connectivity index (χ3v) is 3.81. The number of nitrogens with one attached hydrogen (secondary N) is 1. The quantitative estimate of drug-likeness (QED) is 0.696. The molecule has 2 heterocycles. The molecule has 5 nitrogen and oxygen atoms in total. The lowest BCUT2D eigenvalue weighted by atomic mass is 10.1. The first-order chi connectivity index (χ1) is 9.83. The molecule has 1 aromatic heterocycles. The van der Waals surface area contributed by atoms with Gasteiger partial charge in [0.05, 0.1) is 12.5 Å². The molecule has 0 spiro atoms. The zero-order chi connectivity index (χ0) is 13.8. The van der Waals surface area contributed by atoms with Crippen molar-refractivity contribution in [3.8, 4) is 0 Å². The topological polar surface area (TPSA) is 67.0 Å². The number of hydrogen-bond donors (Lipinski definition) is 1. The first-order valence-corrected chi connectivity index (χ1v) is 6.88. The number of carbonyl (C=O) groups excluding carboxylic acids is 1. The van der Waals surface area contributed by atoms with E-state index in [0.717, 1.165) is 5.56 Å². The molecular formula is C14H11N3O2S. The molecule has 0 bridgehead atoms. The molecule has 0 aliphatic carbocycles. The fraction of sp³-hybridized carbons (Fsp3) is 0.0714. The first-order valence-electron chi connectivity index (χ1n) is 6.00. The maximum atomic E-state index is 11.9. The number of amides is 1. The van der Waals surface area contributed by atoms with E-state index in [1.807, 2.05) is 30.3 Å². The standard InChI is InChI=1S/C14H11N3O2S/c18-13-12(10-5-2-1-3-6-10)20-14(16-13)17-15-9-11-7-4-8-19-11/h1-9,12H,(H,16,17,18)/t12-/m1/s1. The van der Waals surface area contributed by atoms with Crippen molar-refractivity contribution in [1.29, 1.82) is 0 Å². The SMILES string of the molecule is O=C1N/C(=N\N=Cc2ccco2)S[C@@H]1c1ccccc1. The smallest absolute Gasteiger partial charge is 0.244 e. The lowest BCUT2D eigenvalue weighted by molar-refractivity contribution is -0.118. The minimum atomic E-state index is -0.270. The Morgan fingerprint density at radius 1 is 1.20 bits per heavy atom. The van der Waals surface area contributed by atoms with Gasteiger partial charge in [-0.2, -0.15) is 5.10 Å². The second-order valence-corrected chi connectivity index (χ2v) is 5.16. The molecule has 0 radical (unpaired) electrons. The minimum Gasteiger partial charge on any atom is -0.463 e. The third kappa shape index (κ3) is 2.80. The van der Waals surface area contributed by atoms with E-state index in [2.05, 4.69) is 15.5 Å². The van der Waals surface area contributed by atoms with E-state index >= 15 is 0 Å². The Labute approximate surface area is 119 Å². The number of thioether (sulfide) groups is 1. The molecule has 1 aliphatic heterocycles. The molecule has 0 saturated carbocycles. The molecule has 20 heavy (non-hydrogen) atoms. The zero-order valence-corrected chi connectivity index (χ0v) is 11.2. The van der Waals surface area contributed by atoms with E-state index in [4.69, 9.17) is 4.42 Å². The van der Waals surface area contributed by atoms with Gasteiger partial charge in [-0.25, -0.2) is 0 Å². The van der Waals surface area contributed by atoms with Gasteiger partial charge in [0.25, 0.3) is 0 Å². The van der Waals surface area contributed by atoms with Crippen LogP contribution in [-0.2, 0) is 4.79 Å². The van der Waals surface area contributed by atoms with Gasteiger partial charge in [0.2, 0.25) is 5.91 Å². The van der Waals surface area contributed by atoms with E-state index in [0.29, 0.717) is 10.9 Å². The Morgan fingerprint density at radius 2 is 2.05 bits per heavy atom. The largest absolute Gasteiger partial charge is 0.463 e. The zero-order valence-electron chi connectivity index (χ0n) is 10.4. The van der Waals surface area contributed by atoms with E-state index in [9.17, 15) is 4.79 Å². The summed E-state index contributed by atoms with van der Waals surface area (Å²) in [7, 11) is 0. The van der Waals surface area contributed by atoms with Crippen LogP contribution in [0.1, 0.15) is 16.6 Å². The first kappa shape index (κ1) is 12.7. The van der Waals surface area contributed by atoms with Gasteiger partial charge in [-0.3, -0.25) is 4.79 Å². The monoisotopic (exact) mass is 285 g/mol. The average molecular weight is 285 g/mol. The molecule has 100 valence electrons. The summed E-state index contributed by atoms with van der Waals surface area (Å²) in [5.41, 5.74) is 0.954. The molecule has 1 fully saturated rings. The Balaban J connectivity index is 1.70. The molecule has 1 amide bonds. The number of amidine groups is 1. The minimum absolute atomic E-state index is 0.0758. The van der Waals surface area contributed by atoms with Crippen molar-refractivity contribution >= 4 is 29.1 Å². The number of carbonyl (C=O) groups is 1. The summed E-state index contributed by atoms with van der Waals surface area (Å²) in [6, 6.07) is 13.1. The van der Waals surface area contributed by atoms with Crippen molar-refractivity contribution in [2.24, 2.45) is 10.2 Å². The Morgan fingerprint density at radius 3 is 2.80 bits per heavy atom. The van der Waals surface area contributed by atoms with Gasteiger partial charge in [-0.05, 0) is 17.7 Å². The number of furan rings is 1. The van der Waals surface area contributed by atoms with Crippen molar-refractivity contribution < 1.29 is 9.21 Å². The van der Waals surface area contributed by atoms with Crippen LogP contribution in [0, 0.1) is 0 Å². The normalized spacial score (nSPS) is 20.7. The Kier molecular flexibility index (Phi) is 3.64. The van der Waals surface area contributed by atoms with Crippen LogP contribution in [0.15, 0.2) is 63.3 Å². The molecular weight excluding hydrogens is 274 g/mol. The highest BCUT2D eigenvalue weighted by Crippen LogP contribution is 2.34. The molecule has 1 aliphatic rings. The summed E-state index contributed by atoms with van der Waals surface area (Å²) in [6.45, 7) is 0. The summed E-state index contributed by atoms with van der Waals surface area (Å²) in [5.74, 6) is 0.538. The van der Waals surface area contributed by atoms with Crippen LogP contribution in [0.2, 0.25) is 0 Å². The van der Waals surface area contributed by atoms with Crippen LogP contribution in [0.25, 0.3) is 0 Å². The summed E-state index contributed by atoms with van der Waals surface area (Å²) >= 11 is 1.35. The van der Waals surface area contributed by atoms with Crippen LogP contribution in [0.5, 0.6) is 0 Å². The highest BCUT2D eigenvalue weighted by atomic mass is 32.2. The summed E-state index contributed by atoms with van der Waals surface area (Å²) < 4.78 is 5.10. The fourth-order valence-electron chi connectivity index (χ4n) is 1.76. The molecule has 0 unspecified atom stereocenters. The average Bonchev–Trinajstić information content (AvgIpc) is 3.10. The second kappa shape index (κ2) is 5.75. The van der Waals surface area contributed by atoms with E-state index in [-0.39, 0.29) is 11.2 Å². The second-order valence-electron chi connectivity index (χ2n) is 4.06. The van der Waals surface area contributed by atoms with Gasteiger partial charge >= 0.3 is 0 Å². The molecule has 2 aromatic rings. The summed E-state index contributed by atoms with van der Waals surface area (Å²) in [6.07, 6.45) is 3.06. The molecule has 1 N–H and O–H groups in total. The van der Waals surface area contributed by atoms with Crippen LogP contribution in [-0.4, -0.2) is 17.3 Å². The summed E-state index contributed by atoms with van der Waals surface area (Å²) in [4.78, 5) is 11.9. The Hall–Kier alpha value is -2.34. The molecule has 1 aromatic carbocycles. The van der Waals surface area contributed by atoms with E-state index in [1.165, 1.54) is 18.0 Å². The van der Waals surface area contributed by atoms with Gasteiger partial charge in [0.15, 0.2) is 5.17 Å². The number of benzene rings is 1. The molecule has 1 saturated heterocycles. The molecule has 6 heteroatoms.